The van der Waals surface area contributed by atoms with E-state index in [1.54, 1.807) is 7.05 Å². The molecule has 1 heterocycles. The van der Waals surface area contributed by atoms with Crippen LogP contribution in [0.15, 0.2) is 6.07 Å². The quantitative estimate of drug-likeness (QED) is 0.704. The summed E-state index contributed by atoms with van der Waals surface area (Å²) in [4.78, 5) is 0. The van der Waals surface area contributed by atoms with Gasteiger partial charge in [-0.05, 0) is 7.05 Å². The Morgan fingerprint density at radius 2 is 2.31 bits per heavy atom. The summed E-state index contributed by atoms with van der Waals surface area (Å²) in [7, 11) is 1.64. The number of aliphatic hydroxyl groups excluding tert-OH is 1. The molecule has 1 aromatic carbocycles. The summed E-state index contributed by atoms with van der Waals surface area (Å²) >= 11 is 0. The van der Waals surface area contributed by atoms with E-state index in [1.807, 2.05) is 0 Å². The number of hydrogen-bond acceptors (Lipinski definition) is 5. The van der Waals surface area contributed by atoms with Crippen molar-refractivity contribution in [2.45, 2.75) is 6.10 Å². The summed E-state index contributed by atoms with van der Waals surface area (Å²) in [5.41, 5.74) is 0.0156. The van der Waals surface area contributed by atoms with Crippen LogP contribution < -0.4 is 14.8 Å². The molecule has 0 saturated carbocycles. The van der Waals surface area contributed by atoms with E-state index in [0.29, 0.717) is 0 Å². The van der Waals surface area contributed by atoms with E-state index in [4.69, 9.17) is 9.47 Å². The predicted molar refractivity (Wildman–Crippen MR) is 53.1 cm³/mol. The van der Waals surface area contributed by atoms with Gasteiger partial charge < -0.3 is 25.0 Å². The maximum atomic E-state index is 13.3. The fourth-order valence-electron chi connectivity index (χ4n) is 1.63. The highest BCUT2D eigenvalue weighted by atomic mass is 19.1. The maximum absolute atomic E-state index is 13.3. The zero-order valence-electron chi connectivity index (χ0n) is 8.66. The predicted octanol–water partition coefficient (Wildman–Crippen LogP) is 0.513. The molecule has 0 spiro atoms. The Morgan fingerprint density at radius 3 is 3.00 bits per heavy atom. The van der Waals surface area contributed by atoms with Gasteiger partial charge in [0.15, 0.2) is 23.1 Å². The smallest absolute Gasteiger partial charge is 0.231 e. The Labute approximate surface area is 91.4 Å². The van der Waals surface area contributed by atoms with Crippen molar-refractivity contribution >= 4 is 0 Å². The summed E-state index contributed by atoms with van der Waals surface area (Å²) in [6.45, 7) is 0.129. The standard InChI is InChI=1S/C10H12FNO4/c1-12-3-6(13)8-9(14)5(11)2-7-10(8)16-4-15-7/h2,6,12-14H,3-4H2,1H3. The molecule has 1 unspecified atom stereocenters. The van der Waals surface area contributed by atoms with E-state index in [2.05, 4.69) is 5.32 Å². The van der Waals surface area contributed by atoms with Gasteiger partial charge in [0.1, 0.15) is 0 Å². The van der Waals surface area contributed by atoms with Crippen LogP contribution in [0.5, 0.6) is 17.2 Å². The number of nitrogens with one attached hydrogen (secondary N) is 1. The van der Waals surface area contributed by atoms with Crippen molar-refractivity contribution in [3.8, 4) is 17.2 Å². The molecule has 0 aliphatic carbocycles. The van der Waals surface area contributed by atoms with Crippen LogP contribution in [-0.4, -0.2) is 30.6 Å². The van der Waals surface area contributed by atoms with E-state index in [1.165, 1.54) is 0 Å². The van der Waals surface area contributed by atoms with Gasteiger partial charge in [-0.15, -0.1) is 0 Å². The van der Waals surface area contributed by atoms with Gasteiger partial charge in [-0.2, -0.15) is 0 Å². The molecular weight excluding hydrogens is 217 g/mol. The van der Waals surface area contributed by atoms with Gasteiger partial charge in [0.05, 0.1) is 11.7 Å². The first kappa shape index (κ1) is 11.0. The summed E-state index contributed by atoms with van der Waals surface area (Å²) < 4.78 is 23.4. The fourth-order valence-corrected chi connectivity index (χ4v) is 1.63. The number of hydrogen-bond donors (Lipinski definition) is 3. The van der Waals surface area contributed by atoms with E-state index in [0.717, 1.165) is 6.07 Å². The summed E-state index contributed by atoms with van der Waals surface area (Å²) in [5.74, 6) is -1.05. The van der Waals surface area contributed by atoms with Gasteiger partial charge in [0.25, 0.3) is 0 Å². The summed E-state index contributed by atoms with van der Waals surface area (Å²) in [6, 6.07) is 1.03. The van der Waals surface area contributed by atoms with Crippen LogP contribution in [0, 0.1) is 5.82 Å². The average molecular weight is 229 g/mol. The Kier molecular flexibility index (Phi) is 2.84. The number of aromatic hydroxyl groups is 1. The summed E-state index contributed by atoms with van der Waals surface area (Å²) in [5, 5.41) is 22.0. The highest BCUT2D eigenvalue weighted by Crippen LogP contribution is 2.44. The van der Waals surface area contributed by atoms with Crippen LogP contribution in [0.3, 0.4) is 0 Å². The van der Waals surface area contributed by atoms with Gasteiger partial charge in [0.2, 0.25) is 6.79 Å². The fraction of sp³-hybridized carbons (Fsp3) is 0.400. The van der Waals surface area contributed by atoms with Gasteiger partial charge in [-0.1, -0.05) is 0 Å². The maximum Gasteiger partial charge on any atom is 0.231 e. The molecule has 0 radical (unpaired) electrons. The molecule has 5 nitrogen and oxygen atoms in total. The first-order valence-electron chi connectivity index (χ1n) is 4.78. The van der Waals surface area contributed by atoms with Gasteiger partial charge in [-0.25, -0.2) is 4.39 Å². The minimum atomic E-state index is -1.06. The summed E-state index contributed by atoms with van der Waals surface area (Å²) in [6.07, 6.45) is -1.06. The lowest BCUT2D eigenvalue weighted by molar-refractivity contribution is 0.155. The first-order chi connectivity index (χ1) is 7.65. The lowest BCUT2D eigenvalue weighted by Gasteiger charge is -2.14. The number of ether oxygens (including phenoxy) is 2. The molecule has 6 heteroatoms. The third-order valence-corrected chi connectivity index (χ3v) is 2.36. The van der Waals surface area contributed by atoms with Gasteiger partial charge >= 0.3 is 0 Å². The van der Waals surface area contributed by atoms with Crippen molar-refractivity contribution < 1.29 is 24.1 Å². The largest absolute Gasteiger partial charge is 0.504 e. The highest BCUT2D eigenvalue weighted by Gasteiger charge is 2.28. The second-order valence-electron chi connectivity index (χ2n) is 3.43. The topological polar surface area (TPSA) is 71.0 Å². The van der Waals surface area contributed by atoms with Crippen LogP contribution in [0.4, 0.5) is 4.39 Å². The van der Waals surface area contributed by atoms with Crippen molar-refractivity contribution in [2.75, 3.05) is 20.4 Å². The van der Waals surface area contributed by atoms with Crippen molar-refractivity contribution in [1.82, 2.24) is 5.32 Å². The lowest BCUT2D eigenvalue weighted by atomic mass is 10.1. The Bertz CT molecular complexity index is 410. The molecular formula is C10H12FNO4. The third kappa shape index (κ3) is 1.66. The Hall–Kier alpha value is -1.53. The van der Waals surface area contributed by atoms with E-state index in [9.17, 15) is 14.6 Å². The van der Waals surface area contributed by atoms with E-state index >= 15 is 0 Å². The first-order valence-corrected chi connectivity index (χ1v) is 4.78. The number of benzene rings is 1. The minimum Gasteiger partial charge on any atom is -0.504 e. The normalized spacial score (nSPS) is 15.2. The van der Waals surface area contributed by atoms with Crippen LogP contribution in [-0.2, 0) is 0 Å². The second kappa shape index (κ2) is 4.15. The molecule has 1 aliphatic rings. The van der Waals surface area contributed by atoms with Crippen molar-refractivity contribution in [2.24, 2.45) is 0 Å². The molecule has 16 heavy (non-hydrogen) atoms. The van der Waals surface area contributed by atoms with E-state index < -0.39 is 17.7 Å². The van der Waals surface area contributed by atoms with Gasteiger partial charge in [0, 0.05) is 12.6 Å². The number of phenols is 1. The molecule has 1 aromatic rings. The van der Waals surface area contributed by atoms with E-state index in [-0.39, 0.29) is 30.4 Å². The molecule has 3 N–H and O–H groups in total. The Balaban J connectivity index is 2.49. The number of likely N-dealkylation sites (N-methyl/N-ethyl adjacent to an activating group) is 1. The average Bonchev–Trinajstić information content (AvgIpc) is 2.67. The third-order valence-electron chi connectivity index (χ3n) is 2.36. The number of fused-ring (bicyclic) bond motifs is 1. The monoisotopic (exact) mass is 229 g/mol. The van der Waals surface area contributed by atoms with Crippen LogP contribution in [0.2, 0.25) is 0 Å². The zero-order chi connectivity index (χ0) is 11.7. The molecule has 0 aromatic heterocycles. The van der Waals surface area contributed by atoms with Gasteiger partial charge in [-0.3, -0.25) is 0 Å². The molecule has 0 amide bonds. The van der Waals surface area contributed by atoms with Crippen LogP contribution in [0.1, 0.15) is 11.7 Å². The molecule has 88 valence electrons. The highest BCUT2D eigenvalue weighted by molar-refractivity contribution is 5.56. The molecule has 0 fully saturated rings. The van der Waals surface area contributed by atoms with Crippen molar-refractivity contribution in [3.05, 3.63) is 17.4 Å². The van der Waals surface area contributed by atoms with Crippen LogP contribution in [0.25, 0.3) is 0 Å². The zero-order valence-corrected chi connectivity index (χ0v) is 8.66. The number of rotatable bonds is 3. The van der Waals surface area contributed by atoms with Crippen LogP contribution >= 0.6 is 0 Å². The number of aliphatic hydroxyl groups is 1. The SMILES string of the molecule is CNCC(O)c1c(O)c(F)cc2c1OCO2. The molecule has 0 bridgehead atoms. The van der Waals surface area contributed by atoms with Crippen molar-refractivity contribution in [3.63, 3.8) is 0 Å². The lowest BCUT2D eigenvalue weighted by Crippen LogP contribution is -2.17. The molecule has 1 aliphatic heterocycles. The second-order valence-corrected chi connectivity index (χ2v) is 3.43. The number of phenolic OH excluding ortho intramolecular Hbond substituents is 1. The molecule has 0 saturated heterocycles. The number of halogens is 1. The molecule has 1 atom stereocenters. The molecule has 2 rings (SSSR count). The Morgan fingerprint density at radius 1 is 1.56 bits per heavy atom. The van der Waals surface area contributed by atoms with Crippen molar-refractivity contribution in [1.29, 1.82) is 0 Å². The minimum absolute atomic E-state index is 0.0156.